The molecule has 1 amide bonds. The number of nitrogens with one attached hydrogen (secondary N) is 1. The Morgan fingerprint density at radius 2 is 1.72 bits per heavy atom. The van der Waals surface area contributed by atoms with Gasteiger partial charge in [0.1, 0.15) is 5.82 Å². The summed E-state index contributed by atoms with van der Waals surface area (Å²) in [5, 5.41) is 2.88. The van der Waals surface area contributed by atoms with Gasteiger partial charge in [-0.05, 0) is 60.4 Å². The smallest absolute Gasteiger partial charge is 0.251 e. The number of sulfonamides is 1. The van der Waals surface area contributed by atoms with Crippen molar-refractivity contribution in [2.75, 3.05) is 24.2 Å². The lowest BCUT2D eigenvalue weighted by molar-refractivity contribution is 0.0938. The fraction of sp³-hybridized carbons (Fsp3) is 0.296. The number of carbonyl (C=O) groups excluding carboxylic acids is 1. The summed E-state index contributed by atoms with van der Waals surface area (Å²) in [7, 11) is -2.12. The highest BCUT2D eigenvalue weighted by Gasteiger charge is 2.18. The summed E-state index contributed by atoms with van der Waals surface area (Å²) in [5.74, 6) is -0.750. The lowest BCUT2D eigenvalue weighted by Gasteiger charge is -2.20. The molecule has 0 spiro atoms. The average molecular weight is 514 g/mol. The van der Waals surface area contributed by atoms with Crippen LogP contribution in [0.15, 0.2) is 72.8 Å². The van der Waals surface area contributed by atoms with Gasteiger partial charge in [0.2, 0.25) is 10.0 Å². The lowest BCUT2D eigenvalue weighted by atomic mass is 10.1. The van der Waals surface area contributed by atoms with Crippen LogP contribution in [0.1, 0.15) is 40.0 Å². The normalized spacial score (nSPS) is 13.1. The first-order chi connectivity index (χ1) is 17.0. The number of ether oxygens (including phenoxy) is 1. The van der Waals surface area contributed by atoms with E-state index in [0.29, 0.717) is 24.3 Å². The molecule has 9 heteroatoms. The molecule has 192 valence electrons. The van der Waals surface area contributed by atoms with Gasteiger partial charge in [-0.25, -0.2) is 12.8 Å². The van der Waals surface area contributed by atoms with Crippen molar-refractivity contribution in [3.05, 3.63) is 101 Å². The second kappa shape index (κ2) is 12.1. The molecule has 0 heterocycles. The molecule has 0 aromatic heterocycles. The molecule has 0 radical (unpaired) electrons. The van der Waals surface area contributed by atoms with Gasteiger partial charge in [0.05, 0.1) is 31.2 Å². The molecule has 0 bridgehead atoms. The minimum Gasteiger partial charge on any atom is -0.375 e. The summed E-state index contributed by atoms with van der Waals surface area (Å²) in [6.45, 7) is 2.24. The van der Waals surface area contributed by atoms with Gasteiger partial charge in [-0.2, -0.15) is 0 Å². The molecule has 3 N–H and O–H groups in total. The summed E-state index contributed by atoms with van der Waals surface area (Å²) >= 11 is 0. The van der Waals surface area contributed by atoms with Crippen molar-refractivity contribution in [3.63, 3.8) is 0 Å². The first kappa shape index (κ1) is 27.3. The van der Waals surface area contributed by atoms with Crippen molar-refractivity contribution < 1.29 is 22.3 Å². The van der Waals surface area contributed by atoms with Crippen LogP contribution in [0.4, 0.5) is 10.1 Å². The fourth-order valence-corrected chi connectivity index (χ4v) is 4.17. The third-order valence-corrected chi connectivity index (χ3v) is 6.97. The molecule has 0 aliphatic carbocycles. The topological polar surface area (TPSA) is 102 Å². The predicted octanol–water partition coefficient (Wildman–Crippen LogP) is 3.80. The third-order valence-electron chi connectivity index (χ3n) is 5.76. The van der Waals surface area contributed by atoms with Gasteiger partial charge in [-0.3, -0.25) is 9.10 Å². The number of anilines is 1. The molecule has 3 aromatic carbocycles. The van der Waals surface area contributed by atoms with Crippen LogP contribution in [0.25, 0.3) is 0 Å². The zero-order valence-corrected chi connectivity index (χ0v) is 21.5. The van der Waals surface area contributed by atoms with Crippen molar-refractivity contribution in [3.8, 4) is 0 Å². The number of hydrogen-bond donors (Lipinski definition) is 2. The van der Waals surface area contributed by atoms with Gasteiger partial charge in [-0.1, -0.05) is 42.5 Å². The first-order valence-corrected chi connectivity index (χ1v) is 13.4. The van der Waals surface area contributed by atoms with Gasteiger partial charge in [0, 0.05) is 18.7 Å². The number of nitrogens with two attached hydrogens (primary N) is 1. The molecular weight excluding hydrogens is 481 g/mol. The molecule has 0 aliphatic heterocycles. The van der Waals surface area contributed by atoms with Gasteiger partial charge in [0.15, 0.2) is 0 Å². The van der Waals surface area contributed by atoms with E-state index in [1.54, 1.807) is 31.2 Å². The van der Waals surface area contributed by atoms with E-state index in [9.17, 15) is 17.6 Å². The van der Waals surface area contributed by atoms with Crippen LogP contribution >= 0.6 is 0 Å². The van der Waals surface area contributed by atoms with Crippen LogP contribution in [0.5, 0.6) is 0 Å². The minimum absolute atomic E-state index is 0.154. The molecule has 36 heavy (non-hydrogen) atoms. The monoisotopic (exact) mass is 513 g/mol. The summed E-state index contributed by atoms with van der Waals surface area (Å²) in [6, 6.07) is 20.0. The molecule has 0 fully saturated rings. The van der Waals surface area contributed by atoms with Crippen molar-refractivity contribution in [1.82, 2.24) is 5.32 Å². The van der Waals surface area contributed by atoms with Gasteiger partial charge in [0.25, 0.3) is 5.91 Å². The summed E-state index contributed by atoms with van der Waals surface area (Å²) in [4.78, 5) is 13.0. The predicted molar refractivity (Wildman–Crippen MR) is 140 cm³/mol. The van der Waals surface area contributed by atoms with E-state index < -0.39 is 15.9 Å². The van der Waals surface area contributed by atoms with Crippen molar-refractivity contribution in [2.24, 2.45) is 5.73 Å². The van der Waals surface area contributed by atoms with Gasteiger partial charge >= 0.3 is 0 Å². The van der Waals surface area contributed by atoms with Crippen LogP contribution in [-0.2, 0) is 27.8 Å². The Hall–Kier alpha value is -3.27. The molecule has 0 aliphatic rings. The van der Waals surface area contributed by atoms with Crippen molar-refractivity contribution >= 4 is 21.6 Å². The molecule has 0 saturated carbocycles. The largest absolute Gasteiger partial charge is 0.375 e. The van der Waals surface area contributed by atoms with E-state index >= 15 is 0 Å². The highest BCUT2D eigenvalue weighted by atomic mass is 32.2. The zero-order chi connectivity index (χ0) is 26.3. The van der Waals surface area contributed by atoms with Crippen LogP contribution in [0, 0.1) is 5.82 Å². The van der Waals surface area contributed by atoms with E-state index in [4.69, 9.17) is 10.5 Å². The molecule has 3 rings (SSSR count). The maximum Gasteiger partial charge on any atom is 0.251 e. The van der Waals surface area contributed by atoms with E-state index in [0.717, 1.165) is 21.7 Å². The van der Waals surface area contributed by atoms with Crippen molar-refractivity contribution in [1.29, 1.82) is 0 Å². The quantitative estimate of drug-likeness (QED) is 0.406. The summed E-state index contributed by atoms with van der Waals surface area (Å²) in [6.07, 6.45) is 1.75. The number of amides is 1. The number of halogens is 1. The van der Waals surface area contributed by atoms with E-state index in [1.165, 1.54) is 25.2 Å². The van der Waals surface area contributed by atoms with E-state index in [-0.39, 0.29) is 30.1 Å². The molecule has 3 aromatic rings. The Bertz CT molecular complexity index is 1270. The maximum absolute atomic E-state index is 13.2. The van der Waals surface area contributed by atoms with Crippen LogP contribution < -0.4 is 15.4 Å². The van der Waals surface area contributed by atoms with Gasteiger partial charge in [-0.15, -0.1) is 0 Å². The second-order valence-electron chi connectivity index (χ2n) is 8.83. The maximum atomic E-state index is 13.2. The third kappa shape index (κ3) is 7.87. The summed E-state index contributed by atoms with van der Waals surface area (Å²) in [5.41, 5.74) is 9.31. The number of carbonyl (C=O) groups is 1. The van der Waals surface area contributed by atoms with E-state index in [1.807, 2.05) is 30.3 Å². The van der Waals surface area contributed by atoms with Gasteiger partial charge < -0.3 is 15.8 Å². The number of rotatable bonds is 11. The molecule has 2 unspecified atom stereocenters. The molecule has 2 atom stereocenters. The highest BCUT2D eigenvalue weighted by molar-refractivity contribution is 7.92. The molecular formula is C27H32FN3O4S. The summed E-state index contributed by atoms with van der Waals surface area (Å²) < 4.78 is 44.4. The standard InChI is InChI=1S/C27H32FN3O4S/c1-19(22-9-11-24(28)12-10-22)30-27(32)23-13-21(15-26(16-23)31(2)36(3,33)34)17-35-18-25(29)14-20-7-5-4-6-8-20/h4-13,15-16,19,25H,14,17-18,29H2,1-3H3,(H,30,32). The molecule has 7 nitrogen and oxygen atoms in total. The second-order valence-corrected chi connectivity index (χ2v) is 10.8. The van der Waals surface area contributed by atoms with Crippen molar-refractivity contribution in [2.45, 2.75) is 32.0 Å². The Kier molecular flexibility index (Phi) is 9.19. The Balaban J connectivity index is 1.74. The minimum atomic E-state index is -3.55. The van der Waals surface area contributed by atoms with Crippen LogP contribution in [0.2, 0.25) is 0 Å². The van der Waals surface area contributed by atoms with Crippen LogP contribution in [-0.4, -0.2) is 40.3 Å². The highest BCUT2D eigenvalue weighted by Crippen LogP contribution is 2.22. The Morgan fingerprint density at radius 3 is 2.36 bits per heavy atom. The van der Waals surface area contributed by atoms with E-state index in [2.05, 4.69) is 5.32 Å². The number of benzene rings is 3. The first-order valence-electron chi connectivity index (χ1n) is 11.5. The Labute approximate surface area is 212 Å². The average Bonchev–Trinajstić information content (AvgIpc) is 2.83. The lowest BCUT2D eigenvalue weighted by Crippen LogP contribution is -2.29. The Morgan fingerprint density at radius 1 is 1.06 bits per heavy atom. The fourth-order valence-electron chi connectivity index (χ4n) is 3.68. The zero-order valence-electron chi connectivity index (χ0n) is 20.6. The number of nitrogens with zero attached hydrogens (tertiary/aromatic N) is 1. The molecule has 0 saturated heterocycles. The van der Waals surface area contributed by atoms with Crippen LogP contribution in [0.3, 0.4) is 0 Å². The number of hydrogen-bond acceptors (Lipinski definition) is 5. The SMILES string of the molecule is CC(NC(=O)c1cc(COCC(N)Cc2ccccc2)cc(N(C)S(C)(=O)=O)c1)c1ccc(F)cc1.